The Hall–Kier alpha value is -1.30. The van der Waals surface area contributed by atoms with E-state index >= 15 is 0 Å². The molecule has 2 aromatic rings. The van der Waals surface area contributed by atoms with Crippen molar-refractivity contribution in [2.75, 3.05) is 7.11 Å². The second-order valence-electron chi connectivity index (χ2n) is 3.64. The second kappa shape index (κ2) is 5.36. The molecule has 7 heteroatoms. The summed E-state index contributed by atoms with van der Waals surface area (Å²) in [5.41, 5.74) is 0.875. The van der Waals surface area contributed by atoms with E-state index < -0.39 is 9.05 Å². The summed E-state index contributed by atoms with van der Waals surface area (Å²) >= 11 is 6.06. The van der Waals surface area contributed by atoms with Crippen molar-refractivity contribution in [2.24, 2.45) is 0 Å². The Kier molecular flexibility index (Phi) is 3.99. The van der Waals surface area contributed by atoms with Crippen LogP contribution in [-0.4, -0.2) is 20.5 Å². The van der Waals surface area contributed by atoms with Gasteiger partial charge in [0.05, 0.1) is 12.0 Å². The van der Waals surface area contributed by atoms with Gasteiger partial charge in [-0.25, -0.2) is 13.4 Å². The Morgan fingerprint density at radius 1 is 1.21 bits per heavy atom. The Morgan fingerprint density at radius 2 is 1.89 bits per heavy atom. The fraction of sp³-hybridized carbons (Fsp3) is 0.0833. The molecule has 100 valence electrons. The van der Waals surface area contributed by atoms with Gasteiger partial charge in [-0.3, -0.25) is 0 Å². The number of pyridine rings is 1. The van der Waals surface area contributed by atoms with E-state index in [1.165, 1.54) is 19.4 Å². The highest BCUT2D eigenvalue weighted by Crippen LogP contribution is 2.34. The van der Waals surface area contributed by atoms with Gasteiger partial charge in [-0.15, -0.1) is 0 Å². The fourth-order valence-electron chi connectivity index (χ4n) is 1.61. The van der Waals surface area contributed by atoms with E-state index in [1.807, 2.05) is 0 Å². The molecule has 0 aliphatic heterocycles. The first kappa shape index (κ1) is 14.1. The summed E-state index contributed by atoms with van der Waals surface area (Å²) < 4.78 is 28.2. The summed E-state index contributed by atoms with van der Waals surface area (Å²) in [7, 11) is 2.89. The number of halogens is 2. The maximum absolute atomic E-state index is 11.6. The SMILES string of the molecule is COc1cc(S(=O)(=O)Cl)c(-c2ccccc2Cl)cn1. The highest BCUT2D eigenvalue weighted by atomic mass is 35.7. The predicted molar refractivity (Wildman–Crippen MR) is 74.3 cm³/mol. The van der Waals surface area contributed by atoms with Crippen molar-refractivity contribution in [3.8, 4) is 17.0 Å². The summed E-state index contributed by atoms with van der Waals surface area (Å²) in [4.78, 5) is 3.90. The summed E-state index contributed by atoms with van der Waals surface area (Å²) in [5.74, 6) is 0.162. The van der Waals surface area contributed by atoms with Crippen molar-refractivity contribution >= 4 is 31.3 Å². The quantitative estimate of drug-likeness (QED) is 0.815. The first-order valence-corrected chi connectivity index (χ1v) is 7.86. The van der Waals surface area contributed by atoms with Crippen LogP contribution in [0.15, 0.2) is 41.4 Å². The van der Waals surface area contributed by atoms with Gasteiger partial charge in [0.25, 0.3) is 9.05 Å². The number of hydrogen-bond donors (Lipinski definition) is 0. The zero-order valence-electron chi connectivity index (χ0n) is 9.80. The zero-order chi connectivity index (χ0) is 14.0. The van der Waals surface area contributed by atoms with Gasteiger partial charge in [-0.05, 0) is 6.07 Å². The van der Waals surface area contributed by atoms with E-state index in [9.17, 15) is 8.42 Å². The van der Waals surface area contributed by atoms with Gasteiger partial charge in [-0.1, -0.05) is 29.8 Å². The van der Waals surface area contributed by atoms with Gasteiger partial charge < -0.3 is 4.74 Å². The smallest absolute Gasteiger partial charge is 0.262 e. The normalized spacial score (nSPS) is 11.3. The molecule has 1 heterocycles. The monoisotopic (exact) mass is 317 g/mol. The topological polar surface area (TPSA) is 56.3 Å². The molecule has 0 N–H and O–H groups in total. The molecule has 0 unspecified atom stereocenters. The molecule has 0 saturated heterocycles. The molecule has 0 aliphatic rings. The van der Waals surface area contributed by atoms with E-state index in [2.05, 4.69) is 4.98 Å². The third-order valence-corrected chi connectivity index (χ3v) is 4.17. The van der Waals surface area contributed by atoms with Crippen LogP contribution in [0.2, 0.25) is 5.02 Å². The van der Waals surface area contributed by atoms with Gasteiger partial charge in [0.2, 0.25) is 5.88 Å². The summed E-state index contributed by atoms with van der Waals surface area (Å²) in [6.45, 7) is 0. The molecule has 2 rings (SSSR count). The van der Waals surface area contributed by atoms with Crippen LogP contribution in [0.4, 0.5) is 0 Å². The van der Waals surface area contributed by atoms with Crippen LogP contribution in [0.1, 0.15) is 0 Å². The van der Waals surface area contributed by atoms with Gasteiger partial charge >= 0.3 is 0 Å². The van der Waals surface area contributed by atoms with Crippen molar-refractivity contribution in [3.05, 3.63) is 41.6 Å². The van der Waals surface area contributed by atoms with Crippen molar-refractivity contribution in [3.63, 3.8) is 0 Å². The van der Waals surface area contributed by atoms with E-state index in [1.54, 1.807) is 24.3 Å². The maximum atomic E-state index is 11.6. The molecule has 0 aliphatic carbocycles. The minimum absolute atomic E-state index is 0.0888. The molecule has 0 atom stereocenters. The number of methoxy groups -OCH3 is 1. The molecular formula is C12H9Cl2NO3S. The molecule has 0 fully saturated rings. The van der Waals surface area contributed by atoms with Crippen LogP contribution in [-0.2, 0) is 9.05 Å². The van der Waals surface area contributed by atoms with Gasteiger partial charge in [0, 0.05) is 39.1 Å². The van der Waals surface area contributed by atoms with Crippen LogP contribution >= 0.6 is 22.3 Å². The molecule has 4 nitrogen and oxygen atoms in total. The van der Waals surface area contributed by atoms with Crippen LogP contribution in [0.3, 0.4) is 0 Å². The average Bonchev–Trinajstić information content (AvgIpc) is 2.38. The predicted octanol–water partition coefficient (Wildman–Crippen LogP) is 3.34. The van der Waals surface area contributed by atoms with Gasteiger partial charge in [0.15, 0.2) is 0 Å². The Morgan fingerprint density at radius 3 is 2.47 bits per heavy atom. The van der Waals surface area contributed by atoms with Crippen LogP contribution in [0, 0.1) is 0 Å². The molecule has 19 heavy (non-hydrogen) atoms. The molecule has 1 aromatic carbocycles. The number of benzene rings is 1. The molecular weight excluding hydrogens is 309 g/mol. The van der Waals surface area contributed by atoms with Crippen molar-refractivity contribution < 1.29 is 13.2 Å². The summed E-state index contributed by atoms with van der Waals surface area (Å²) in [5, 5.41) is 0.413. The standard InChI is InChI=1S/C12H9Cl2NO3S/c1-18-12-6-11(19(14,16)17)9(7-15-12)8-4-2-3-5-10(8)13/h2-7H,1H3. The lowest BCUT2D eigenvalue weighted by atomic mass is 10.1. The lowest BCUT2D eigenvalue weighted by molar-refractivity contribution is 0.396. The Balaban J connectivity index is 2.74. The zero-order valence-corrected chi connectivity index (χ0v) is 12.1. The minimum Gasteiger partial charge on any atom is -0.481 e. The van der Waals surface area contributed by atoms with E-state index in [4.69, 9.17) is 27.0 Å². The van der Waals surface area contributed by atoms with Crippen molar-refractivity contribution in [1.29, 1.82) is 0 Å². The molecule has 0 spiro atoms. The largest absolute Gasteiger partial charge is 0.481 e. The fourth-order valence-corrected chi connectivity index (χ4v) is 2.90. The maximum Gasteiger partial charge on any atom is 0.262 e. The molecule has 0 bridgehead atoms. The van der Waals surface area contributed by atoms with Crippen molar-refractivity contribution in [2.45, 2.75) is 4.90 Å². The lowest BCUT2D eigenvalue weighted by Gasteiger charge is -2.09. The van der Waals surface area contributed by atoms with E-state index in [0.717, 1.165) is 0 Å². The van der Waals surface area contributed by atoms with Crippen molar-refractivity contribution in [1.82, 2.24) is 4.98 Å². The molecule has 1 aromatic heterocycles. The minimum atomic E-state index is -3.94. The summed E-state index contributed by atoms with van der Waals surface area (Å²) in [6, 6.07) is 8.11. The van der Waals surface area contributed by atoms with Crippen LogP contribution in [0.5, 0.6) is 5.88 Å². The van der Waals surface area contributed by atoms with Gasteiger partial charge in [0.1, 0.15) is 0 Å². The second-order valence-corrected chi connectivity index (χ2v) is 6.58. The number of aromatic nitrogens is 1. The third-order valence-electron chi connectivity index (χ3n) is 2.48. The lowest BCUT2D eigenvalue weighted by Crippen LogP contribution is -1.98. The third kappa shape index (κ3) is 3.00. The Labute approximate surface area is 120 Å². The number of hydrogen-bond acceptors (Lipinski definition) is 4. The highest BCUT2D eigenvalue weighted by molar-refractivity contribution is 8.13. The number of ether oxygens (including phenoxy) is 1. The first-order valence-electron chi connectivity index (χ1n) is 5.17. The first-order chi connectivity index (χ1) is 8.93. The van der Waals surface area contributed by atoms with E-state index in [0.29, 0.717) is 16.1 Å². The molecule has 0 amide bonds. The number of rotatable bonds is 3. The van der Waals surface area contributed by atoms with Crippen LogP contribution in [0.25, 0.3) is 11.1 Å². The van der Waals surface area contributed by atoms with E-state index in [-0.39, 0.29) is 10.8 Å². The number of nitrogens with zero attached hydrogens (tertiary/aromatic N) is 1. The summed E-state index contributed by atoms with van der Waals surface area (Å²) in [6.07, 6.45) is 1.37. The van der Waals surface area contributed by atoms with Crippen LogP contribution < -0.4 is 4.74 Å². The molecule has 0 saturated carbocycles. The van der Waals surface area contributed by atoms with Gasteiger partial charge in [-0.2, -0.15) is 0 Å². The Bertz CT molecular complexity index is 717. The average molecular weight is 318 g/mol. The molecule has 0 radical (unpaired) electrons. The highest BCUT2D eigenvalue weighted by Gasteiger charge is 2.20.